The van der Waals surface area contributed by atoms with E-state index in [0.29, 0.717) is 23.0 Å². The number of ether oxygens (including phenoxy) is 4. The predicted molar refractivity (Wildman–Crippen MR) is 123 cm³/mol. The van der Waals surface area contributed by atoms with Crippen LogP contribution in [-0.2, 0) is 10.8 Å². The lowest BCUT2D eigenvalue weighted by molar-refractivity contribution is 0.0657. The van der Waals surface area contributed by atoms with Crippen LogP contribution < -0.4 is 18.9 Å². The summed E-state index contributed by atoms with van der Waals surface area (Å²) in [7, 11) is 6.54. The first-order chi connectivity index (χ1) is 15.4. The molecule has 2 aromatic heterocycles. The Morgan fingerprint density at radius 2 is 0.906 bits per heavy atom. The highest BCUT2D eigenvalue weighted by Crippen LogP contribution is 2.60. The summed E-state index contributed by atoms with van der Waals surface area (Å²) in [6.07, 6.45) is 2.00. The molecule has 1 saturated carbocycles. The zero-order valence-electron chi connectivity index (χ0n) is 19.3. The SMILES string of the molecule is COc1cc2cc(C3(C)CCC3(C)c3cc4cc(OC)c(OC)cc4o3)oc2cc1OC. The topological polar surface area (TPSA) is 63.2 Å². The minimum atomic E-state index is -0.214. The average Bonchev–Trinajstić information content (AvgIpc) is 3.43. The van der Waals surface area contributed by atoms with Crippen molar-refractivity contribution in [3.63, 3.8) is 0 Å². The number of methoxy groups -OCH3 is 4. The van der Waals surface area contributed by atoms with Gasteiger partial charge in [-0.3, -0.25) is 0 Å². The Morgan fingerprint density at radius 1 is 0.562 bits per heavy atom. The molecule has 0 aliphatic heterocycles. The van der Waals surface area contributed by atoms with Gasteiger partial charge in [0.15, 0.2) is 23.0 Å². The van der Waals surface area contributed by atoms with E-state index in [4.69, 9.17) is 27.8 Å². The van der Waals surface area contributed by atoms with Crippen LogP contribution in [-0.4, -0.2) is 28.4 Å². The van der Waals surface area contributed by atoms with Gasteiger partial charge in [0.1, 0.15) is 22.7 Å². The maximum Gasteiger partial charge on any atom is 0.164 e. The molecule has 0 saturated heterocycles. The zero-order chi connectivity index (χ0) is 22.7. The molecule has 0 N–H and O–H groups in total. The number of furan rings is 2. The molecule has 5 rings (SSSR count). The van der Waals surface area contributed by atoms with Crippen molar-refractivity contribution in [2.24, 2.45) is 0 Å². The van der Waals surface area contributed by atoms with Crippen LogP contribution >= 0.6 is 0 Å². The van der Waals surface area contributed by atoms with Gasteiger partial charge in [0.25, 0.3) is 0 Å². The Hall–Kier alpha value is -3.28. The number of rotatable bonds is 6. The molecule has 32 heavy (non-hydrogen) atoms. The second-order valence-corrected chi connectivity index (χ2v) is 8.88. The van der Waals surface area contributed by atoms with Crippen LogP contribution in [0.25, 0.3) is 21.9 Å². The third-order valence-electron chi connectivity index (χ3n) is 7.48. The third kappa shape index (κ3) is 2.71. The molecule has 2 aromatic carbocycles. The number of hydrogen-bond acceptors (Lipinski definition) is 6. The predicted octanol–water partition coefficient (Wildman–Crippen LogP) is 6.22. The van der Waals surface area contributed by atoms with Crippen molar-refractivity contribution in [3.05, 3.63) is 47.9 Å². The molecule has 4 aromatic rings. The van der Waals surface area contributed by atoms with Gasteiger partial charge in [0, 0.05) is 33.7 Å². The van der Waals surface area contributed by atoms with Gasteiger partial charge in [-0.1, -0.05) is 13.8 Å². The van der Waals surface area contributed by atoms with E-state index in [1.807, 2.05) is 24.3 Å². The molecule has 0 radical (unpaired) electrons. The first-order valence-electron chi connectivity index (χ1n) is 10.7. The standard InChI is InChI=1S/C26H28O6/c1-25(23-11-15-9-19(27-3)21(29-5)13-17(15)31-23)7-8-26(25,2)24-12-16-10-20(28-4)22(30-6)14-18(16)32-24/h9-14H,7-8H2,1-6H3. The lowest BCUT2D eigenvalue weighted by Crippen LogP contribution is -2.53. The van der Waals surface area contributed by atoms with Crippen LogP contribution in [0.4, 0.5) is 0 Å². The number of hydrogen-bond donors (Lipinski definition) is 0. The van der Waals surface area contributed by atoms with E-state index in [1.165, 1.54) is 0 Å². The van der Waals surface area contributed by atoms with E-state index < -0.39 is 0 Å². The molecule has 0 spiro atoms. The normalized spacial score (nSPS) is 22.7. The van der Waals surface area contributed by atoms with Crippen molar-refractivity contribution in [2.75, 3.05) is 28.4 Å². The first-order valence-corrected chi connectivity index (χ1v) is 10.7. The van der Waals surface area contributed by atoms with Gasteiger partial charge in [0.05, 0.1) is 28.4 Å². The van der Waals surface area contributed by atoms with Crippen LogP contribution in [0.15, 0.2) is 45.2 Å². The van der Waals surface area contributed by atoms with E-state index in [-0.39, 0.29) is 10.8 Å². The summed E-state index contributed by atoms with van der Waals surface area (Å²) in [5.41, 5.74) is 1.14. The van der Waals surface area contributed by atoms with Crippen molar-refractivity contribution in [1.29, 1.82) is 0 Å². The van der Waals surface area contributed by atoms with Gasteiger partial charge >= 0.3 is 0 Å². The van der Waals surface area contributed by atoms with Crippen LogP contribution in [0.2, 0.25) is 0 Å². The Bertz CT molecular complexity index is 1130. The molecule has 1 aliphatic carbocycles. The van der Waals surface area contributed by atoms with Crippen LogP contribution in [0, 0.1) is 0 Å². The van der Waals surface area contributed by atoms with Gasteiger partial charge in [-0.25, -0.2) is 0 Å². The van der Waals surface area contributed by atoms with E-state index in [1.54, 1.807) is 28.4 Å². The molecule has 6 heteroatoms. The third-order valence-corrected chi connectivity index (χ3v) is 7.48. The lowest BCUT2D eigenvalue weighted by Gasteiger charge is -2.53. The lowest BCUT2D eigenvalue weighted by atomic mass is 9.49. The molecule has 2 unspecified atom stereocenters. The first kappa shape index (κ1) is 20.6. The van der Waals surface area contributed by atoms with Crippen molar-refractivity contribution >= 4 is 21.9 Å². The summed E-state index contributed by atoms with van der Waals surface area (Å²) in [4.78, 5) is 0. The van der Waals surface area contributed by atoms with Gasteiger partial charge in [-0.2, -0.15) is 0 Å². The molecule has 0 bridgehead atoms. The maximum atomic E-state index is 6.36. The fourth-order valence-corrected chi connectivity index (χ4v) is 4.94. The Morgan fingerprint density at radius 3 is 1.22 bits per heavy atom. The minimum absolute atomic E-state index is 0.214. The quantitative estimate of drug-likeness (QED) is 0.357. The molecule has 1 aliphatic rings. The largest absolute Gasteiger partial charge is 0.493 e. The summed E-state index contributed by atoms with van der Waals surface area (Å²) < 4.78 is 34.5. The summed E-state index contributed by atoms with van der Waals surface area (Å²) in [6, 6.07) is 11.9. The molecule has 168 valence electrons. The monoisotopic (exact) mass is 436 g/mol. The van der Waals surface area contributed by atoms with Gasteiger partial charge in [0.2, 0.25) is 0 Å². The average molecular weight is 437 g/mol. The second kappa shape index (κ2) is 7.12. The summed E-state index contributed by atoms with van der Waals surface area (Å²) >= 11 is 0. The van der Waals surface area contributed by atoms with E-state index >= 15 is 0 Å². The molecular weight excluding hydrogens is 408 g/mol. The highest BCUT2D eigenvalue weighted by atomic mass is 16.5. The van der Waals surface area contributed by atoms with Crippen molar-refractivity contribution in [1.82, 2.24) is 0 Å². The fourth-order valence-electron chi connectivity index (χ4n) is 4.94. The second-order valence-electron chi connectivity index (χ2n) is 8.88. The van der Waals surface area contributed by atoms with E-state index in [2.05, 4.69) is 26.0 Å². The van der Waals surface area contributed by atoms with E-state index in [9.17, 15) is 0 Å². The fraction of sp³-hybridized carbons (Fsp3) is 0.385. The number of fused-ring (bicyclic) bond motifs is 2. The molecule has 1 fully saturated rings. The molecule has 2 atom stereocenters. The highest BCUT2D eigenvalue weighted by molar-refractivity contribution is 5.84. The van der Waals surface area contributed by atoms with Gasteiger partial charge < -0.3 is 27.8 Å². The van der Waals surface area contributed by atoms with Crippen LogP contribution in [0.3, 0.4) is 0 Å². The maximum absolute atomic E-state index is 6.36. The summed E-state index contributed by atoms with van der Waals surface area (Å²) in [6.45, 7) is 4.49. The van der Waals surface area contributed by atoms with Crippen molar-refractivity contribution in [2.45, 2.75) is 37.5 Å². The Kier molecular flexibility index (Phi) is 4.59. The Balaban J connectivity index is 1.59. The van der Waals surface area contributed by atoms with Crippen molar-refractivity contribution in [3.8, 4) is 23.0 Å². The van der Waals surface area contributed by atoms with Gasteiger partial charge in [-0.15, -0.1) is 0 Å². The smallest absolute Gasteiger partial charge is 0.164 e. The molecule has 6 nitrogen and oxygen atoms in total. The van der Waals surface area contributed by atoms with Gasteiger partial charge in [-0.05, 0) is 37.1 Å². The molecular formula is C26H28O6. The molecule has 2 heterocycles. The minimum Gasteiger partial charge on any atom is -0.493 e. The summed E-state index contributed by atoms with van der Waals surface area (Å²) in [5, 5.41) is 1.99. The molecule has 0 amide bonds. The zero-order valence-corrected chi connectivity index (χ0v) is 19.3. The van der Waals surface area contributed by atoms with E-state index in [0.717, 1.165) is 46.3 Å². The highest BCUT2D eigenvalue weighted by Gasteiger charge is 2.58. The van der Waals surface area contributed by atoms with Crippen molar-refractivity contribution < 1.29 is 27.8 Å². The van der Waals surface area contributed by atoms with Crippen LogP contribution in [0.1, 0.15) is 38.2 Å². The Labute approximate surface area is 187 Å². The van der Waals surface area contributed by atoms with Crippen LogP contribution in [0.5, 0.6) is 23.0 Å². The number of benzene rings is 2. The summed E-state index contributed by atoms with van der Waals surface area (Å²) in [5.74, 6) is 4.56.